The van der Waals surface area contributed by atoms with Crippen molar-refractivity contribution in [1.82, 2.24) is 0 Å². The third-order valence-corrected chi connectivity index (χ3v) is 3.60. The van der Waals surface area contributed by atoms with Gasteiger partial charge in [-0.05, 0) is 17.8 Å². The van der Waals surface area contributed by atoms with Gasteiger partial charge in [-0.3, -0.25) is 9.59 Å². The van der Waals surface area contributed by atoms with Crippen LogP contribution in [0.25, 0.3) is 0 Å². The largest absolute Gasteiger partial charge is 0.392 e. The number of fused-ring (bicyclic) bond motifs is 3. The molecule has 0 aromatic rings. The summed E-state index contributed by atoms with van der Waals surface area (Å²) in [5.41, 5.74) is 0.171. The smallest absolute Gasteiger partial charge is 0.321 e. The van der Waals surface area contributed by atoms with Gasteiger partial charge < -0.3 is 4.74 Å². The first kappa shape index (κ1) is 7.30. The lowest BCUT2D eigenvalue weighted by atomic mass is 9.81. The second-order valence-corrected chi connectivity index (χ2v) is 4.47. The van der Waals surface area contributed by atoms with E-state index >= 15 is 0 Å². The van der Waals surface area contributed by atoms with Gasteiger partial charge in [0.2, 0.25) is 0 Å². The first-order chi connectivity index (χ1) is 6.12. The Hall–Kier alpha value is -1.12. The van der Waals surface area contributed by atoms with Gasteiger partial charge in [-0.25, -0.2) is 0 Å². The summed E-state index contributed by atoms with van der Waals surface area (Å²) in [5.74, 6) is -0.787. The third kappa shape index (κ3) is 0.747. The molecule has 2 aliphatic carbocycles. The van der Waals surface area contributed by atoms with Gasteiger partial charge in [0.1, 0.15) is 0 Å². The van der Waals surface area contributed by atoms with Crippen LogP contribution in [0, 0.1) is 23.2 Å². The maximum Gasteiger partial charge on any atom is 0.321 e. The van der Waals surface area contributed by atoms with Crippen molar-refractivity contribution in [3.05, 3.63) is 12.2 Å². The van der Waals surface area contributed by atoms with E-state index in [1.54, 1.807) is 0 Å². The highest BCUT2D eigenvalue weighted by atomic mass is 16.6. The first-order valence-electron chi connectivity index (χ1n) is 4.57. The van der Waals surface area contributed by atoms with E-state index in [9.17, 15) is 9.59 Å². The molecule has 0 N–H and O–H groups in total. The number of rotatable bonds is 0. The van der Waals surface area contributed by atoms with E-state index in [1.165, 1.54) is 0 Å². The van der Waals surface area contributed by atoms with Crippen molar-refractivity contribution in [3.63, 3.8) is 0 Å². The van der Waals surface area contributed by atoms with Crippen LogP contribution < -0.4 is 0 Å². The molecule has 2 fully saturated rings. The van der Waals surface area contributed by atoms with Crippen LogP contribution in [-0.4, -0.2) is 11.9 Å². The van der Waals surface area contributed by atoms with Crippen molar-refractivity contribution in [3.8, 4) is 0 Å². The Morgan fingerprint density at radius 3 is 3.00 bits per heavy atom. The molecule has 68 valence electrons. The molecular formula is C10H10O3. The highest BCUT2D eigenvalue weighted by Crippen LogP contribution is 2.63. The number of carbonyl (C=O) groups is 2. The molecule has 1 saturated heterocycles. The van der Waals surface area contributed by atoms with Crippen LogP contribution in [0.2, 0.25) is 0 Å². The van der Waals surface area contributed by atoms with E-state index in [0.717, 1.165) is 6.42 Å². The van der Waals surface area contributed by atoms with Gasteiger partial charge in [0.05, 0.1) is 11.8 Å². The van der Waals surface area contributed by atoms with Gasteiger partial charge in [0, 0.05) is 0 Å². The average Bonchev–Trinajstić information content (AvgIpc) is 2.65. The molecule has 4 unspecified atom stereocenters. The second kappa shape index (κ2) is 1.86. The molecule has 0 aromatic heterocycles. The summed E-state index contributed by atoms with van der Waals surface area (Å²) in [4.78, 5) is 22.5. The van der Waals surface area contributed by atoms with Crippen molar-refractivity contribution < 1.29 is 14.3 Å². The standard InChI is InChI=1S/C10H10O3/c1-10-3-2-5-7(6(10)4-10)9(12)13-8(5)11/h2-3,5-7H,4H2,1H3. The quantitative estimate of drug-likeness (QED) is 0.314. The summed E-state index contributed by atoms with van der Waals surface area (Å²) in [7, 11) is 0. The summed E-state index contributed by atoms with van der Waals surface area (Å²) in [6.07, 6.45) is 4.94. The van der Waals surface area contributed by atoms with Crippen molar-refractivity contribution >= 4 is 11.9 Å². The molecule has 3 rings (SSSR count). The molecule has 1 saturated carbocycles. The van der Waals surface area contributed by atoms with Gasteiger partial charge in [0.25, 0.3) is 0 Å². The SMILES string of the molecule is CC12C=CC3C(=O)OC(=O)C3C1C2. The van der Waals surface area contributed by atoms with Crippen LogP contribution >= 0.6 is 0 Å². The van der Waals surface area contributed by atoms with Crippen molar-refractivity contribution in [1.29, 1.82) is 0 Å². The van der Waals surface area contributed by atoms with Crippen molar-refractivity contribution in [2.45, 2.75) is 13.3 Å². The van der Waals surface area contributed by atoms with Crippen LogP contribution in [0.5, 0.6) is 0 Å². The zero-order valence-corrected chi connectivity index (χ0v) is 7.32. The minimum Gasteiger partial charge on any atom is -0.392 e. The van der Waals surface area contributed by atoms with E-state index in [2.05, 4.69) is 17.7 Å². The minimum absolute atomic E-state index is 0.171. The summed E-state index contributed by atoms with van der Waals surface area (Å²) >= 11 is 0. The minimum atomic E-state index is -0.361. The Bertz CT molecular complexity index is 344. The Labute approximate surface area is 75.8 Å². The van der Waals surface area contributed by atoms with Crippen molar-refractivity contribution in [2.75, 3.05) is 0 Å². The summed E-state index contributed by atoms with van der Waals surface area (Å²) in [6, 6.07) is 0. The third-order valence-electron chi connectivity index (χ3n) is 3.60. The fourth-order valence-electron chi connectivity index (χ4n) is 2.61. The molecule has 1 heterocycles. The van der Waals surface area contributed by atoms with Crippen molar-refractivity contribution in [2.24, 2.45) is 23.2 Å². The highest BCUT2D eigenvalue weighted by Gasteiger charge is 2.63. The molecule has 0 spiro atoms. The van der Waals surface area contributed by atoms with Gasteiger partial charge in [-0.15, -0.1) is 0 Å². The molecule has 4 atom stereocenters. The number of esters is 2. The average molecular weight is 178 g/mol. The van der Waals surface area contributed by atoms with Gasteiger partial charge >= 0.3 is 11.9 Å². The molecule has 13 heavy (non-hydrogen) atoms. The second-order valence-electron chi connectivity index (χ2n) is 4.47. The molecule has 3 heteroatoms. The lowest BCUT2D eigenvalue weighted by Crippen LogP contribution is -2.23. The molecule has 3 nitrogen and oxygen atoms in total. The number of hydrogen-bond donors (Lipinski definition) is 0. The predicted molar refractivity (Wildman–Crippen MR) is 43.4 cm³/mol. The van der Waals surface area contributed by atoms with Crippen LogP contribution in [0.4, 0.5) is 0 Å². The molecule has 0 radical (unpaired) electrons. The normalized spacial score (nSPS) is 51.3. The first-order valence-corrected chi connectivity index (χ1v) is 4.57. The topological polar surface area (TPSA) is 43.4 Å². The number of carbonyl (C=O) groups excluding carboxylic acids is 2. The number of hydrogen-bond acceptors (Lipinski definition) is 3. The van der Waals surface area contributed by atoms with Gasteiger partial charge in [-0.2, -0.15) is 0 Å². The molecule has 0 amide bonds. The van der Waals surface area contributed by atoms with E-state index in [0.29, 0.717) is 5.92 Å². The summed E-state index contributed by atoms with van der Waals surface area (Å²) in [5, 5.41) is 0. The number of ether oxygens (including phenoxy) is 1. The van der Waals surface area contributed by atoms with Crippen LogP contribution in [-0.2, 0) is 14.3 Å². The Morgan fingerprint density at radius 2 is 2.23 bits per heavy atom. The van der Waals surface area contributed by atoms with E-state index in [4.69, 9.17) is 0 Å². The van der Waals surface area contributed by atoms with Crippen LogP contribution in [0.15, 0.2) is 12.2 Å². The van der Waals surface area contributed by atoms with Crippen LogP contribution in [0.1, 0.15) is 13.3 Å². The molecule has 0 bridgehead atoms. The van der Waals surface area contributed by atoms with E-state index in [1.807, 2.05) is 6.08 Å². The fourth-order valence-corrected chi connectivity index (χ4v) is 2.61. The molecule has 0 aromatic carbocycles. The molecule has 3 aliphatic rings. The Balaban J connectivity index is 2.04. The maximum atomic E-state index is 11.3. The van der Waals surface area contributed by atoms with Crippen LogP contribution in [0.3, 0.4) is 0 Å². The fraction of sp³-hybridized carbons (Fsp3) is 0.600. The summed E-state index contributed by atoms with van der Waals surface area (Å²) < 4.78 is 4.62. The Morgan fingerprint density at radius 1 is 1.46 bits per heavy atom. The van der Waals surface area contributed by atoms with Gasteiger partial charge in [-0.1, -0.05) is 19.1 Å². The Kier molecular flexibility index (Phi) is 1.05. The lowest BCUT2D eigenvalue weighted by molar-refractivity contribution is -0.153. The predicted octanol–water partition coefficient (Wildman–Crippen LogP) is 0.898. The highest BCUT2D eigenvalue weighted by molar-refractivity contribution is 5.98. The molecule has 1 aliphatic heterocycles. The monoisotopic (exact) mass is 178 g/mol. The van der Waals surface area contributed by atoms with E-state index in [-0.39, 0.29) is 29.2 Å². The maximum absolute atomic E-state index is 11.3. The summed E-state index contributed by atoms with van der Waals surface area (Å²) in [6.45, 7) is 2.13. The number of cyclic esters (lactones) is 2. The number of allylic oxidation sites excluding steroid dienone is 1. The lowest BCUT2D eigenvalue weighted by Gasteiger charge is -2.17. The zero-order chi connectivity index (χ0) is 9.22. The zero-order valence-electron chi connectivity index (χ0n) is 7.32. The van der Waals surface area contributed by atoms with E-state index < -0.39 is 0 Å². The van der Waals surface area contributed by atoms with Gasteiger partial charge in [0.15, 0.2) is 0 Å². The molecular weight excluding hydrogens is 168 g/mol.